The Morgan fingerprint density at radius 2 is 1.34 bits per heavy atom. The summed E-state index contributed by atoms with van der Waals surface area (Å²) in [5, 5.41) is 10.5. The molecule has 0 amide bonds. The number of hydrogen-bond donors (Lipinski definition) is 1. The van der Waals surface area contributed by atoms with Crippen LogP contribution in [0, 0.1) is 0 Å². The fourth-order valence-corrected chi connectivity index (χ4v) is 3.90. The summed E-state index contributed by atoms with van der Waals surface area (Å²) in [6.45, 7) is 2.04. The van der Waals surface area contributed by atoms with Gasteiger partial charge in [-0.25, -0.2) is 0 Å². The van der Waals surface area contributed by atoms with Crippen LogP contribution in [0.25, 0.3) is 0 Å². The number of aliphatic hydroxyl groups is 1. The van der Waals surface area contributed by atoms with Gasteiger partial charge in [0.05, 0.1) is 25.6 Å². The van der Waals surface area contributed by atoms with E-state index in [0.29, 0.717) is 0 Å². The smallest absolute Gasteiger partial charge is 0.264 e. The summed E-state index contributed by atoms with van der Waals surface area (Å²) in [6.07, 6.45) is -3.77. The molecular weight excluding hydrogens is 396 g/mol. The van der Waals surface area contributed by atoms with Crippen molar-refractivity contribution in [2.24, 2.45) is 0 Å². The van der Waals surface area contributed by atoms with Crippen molar-refractivity contribution in [1.82, 2.24) is 0 Å². The van der Waals surface area contributed by atoms with Gasteiger partial charge in [-0.1, -0.05) is 60.7 Å². The van der Waals surface area contributed by atoms with Crippen LogP contribution in [0.2, 0.25) is 0 Å². The summed E-state index contributed by atoms with van der Waals surface area (Å²) in [5.41, 5.74) is 1.81. The highest BCUT2D eigenvalue weighted by Crippen LogP contribution is 2.29. The van der Waals surface area contributed by atoms with Crippen LogP contribution in [-0.4, -0.2) is 50.5 Å². The number of ether oxygens (including phenoxy) is 3. The second kappa shape index (κ2) is 9.80. The largest absolute Gasteiger partial charge is 0.368 e. The van der Waals surface area contributed by atoms with E-state index in [4.69, 9.17) is 18.4 Å². The Kier molecular flexibility index (Phi) is 7.39. The summed E-state index contributed by atoms with van der Waals surface area (Å²) in [7, 11) is -3.78. The number of benzene rings is 2. The first-order chi connectivity index (χ1) is 13.8. The van der Waals surface area contributed by atoms with E-state index in [-0.39, 0.29) is 13.2 Å². The van der Waals surface area contributed by atoms with Crippen molar-refractivity contribution in [3.05, 3.63) is 71.8 Å². The Labute approximate surface area is 171 Å². The molecule has 158 valence electrons. The zero-order valence-corrected chi connectivity index (χ0v) is 17.2. The molecule has 2 aromatic rings. The molecule has 8 heteroatoms. The summed E-state index contributed by atoms with van der Waals surface area (Å²) < 4.78 is 46.2. The molecule has 5 atom stereocenters. The van der Waals surface area contributed by atoms with Crippen molar-refractivity contribution in [1.29, 1.82) is 0 Å². The third-order valence-electron chi connectivity index (χ3n) is 4.60. The van der Waals surface area contributed by atoms with Gasteiger partial charge in [-0.2, -0.15) is 8.42 Å². The molecule has 1 heterocycles. The van der Waals surface area contributed by atoms with Crippen molar-refractivity contribution in [3.8, 4) is 0 Å². The molecule has 0 unspecified atom stereocenters. The zero-order valence-electron chi connectivity index (χ0n) is 16.4. The van der Waals surface area contributed by atoms with E-state index in [1.807, 2.05) is 60.7 Å². The van der Waals surface area contributed by atoms with Crippen LogP contribution in [0.4, 0.5) is 0 Å². The van der Waals surface area contributed by atoms with Gasteiger partial charge in [0.15, 0.2) is 6.29 Å². The summed E-state index contributed by atoms with van der Waals surface area (Å²) >= 11 is 0. The molecule has 0 radical (unpaired) electrons. The maximum Gasteiger partial charge on any atom is 0.264 e. The van der Waals surface area contributed by atoms with E-state index < -0.39 is 40.8 Å². The lowest BCUT2D eigenvalue weighted by molar-refractivity contribution is -0.295. The average Bonchev–Trinajstić information content (AvgIpc) is 2.69. The Morgan fingerprint density at radius 3 is 1.83 bits per heavy atom. The molecule has 1 aliphatic heterocycles. The van der Waals surface area contributed by atoms with Crippen LogP contribution in [0.5, 0.6) is 0 Å². The maximum atomic E-state index is 11.8. The number of aliphatic hydroxyl groups excluding tert-OH is 1. The third kappa shape index (κ3) is 6.33. The third-order valence-corrected chi connectivity index (χ3v) is 5.17. The van der Waals surface area contributed by atoms with Gasteiger partial charge >= 0.3 is 0 Å². The minimum atomic E-state index is -3.78. The number of hydrogen-bond acceptors (Lipinski definition) is 7. The highest BCUT2D eigenvalue weighted by Gasteiger charge is 2.47. The van der Waals surface area contributed by atoms with Crippen molar-refractivity contribution in [3.63, 3.8) is 0 Å². The predicted octanol–water partition coefficient (Wildman–Crippen LogP) is 2.24. The van der Waals surface area contributed by atoms with Gasteiger partial charge in [0.1, 0.15) is 18.3 Å². The maximum absolute atomic E-state index is 11.8. The van der Waals surface area contributed by atoms with Crippen molar-refractivity contribution in [2.75, 3.05) is 6.26 Å². The van der Waals surface area contributed by atoms with Crippen LogP contribution in [0.3, 0.4) is 0 Å². The fourth-order valence-electron chi connectivity index (χ4n) is 3.23. The van der Waals surface area contributed by atoms with E-state index in [0.717, 1.165) is 17.4 Å². The van der Waals surface area contributed by atoms with Gasteiger partial charge in [-0.3, -0.25) is 4.18 Å². The molecule has 3 rings (SSSR count). The van der Waals surface area contributed by atoms with E-state index >= 15 is 0 Å². The second-order valence-corrected chi connectivity index (χ2v) is 8.62. The highest BCUT2D eigenvalue weighted by atomic mass is 32.2. The lowest BCUT2D eigenvalue weighted by Crippen LogP contribution is -2.59. The Hall–Kier alpha value is -1.81. The fraction of sp³-hybridized carbons (Fsp3) is 0.429. The van der Waals surface area contributed by atoms with Gasteiger partial charge in [-0.15, -0.1) is 0 Å². The standard InChI is InChI=1S/C21H26O7S/c1-15-18(28-29(2,23)24)19(25-13-16-9-5-3-6-10-16)20(21(22)27-15)26-14-17-11-7-4-8-12-17/h3-12,15,18-22H,13-14H2,1-2H3/t15-,18-,19-,20+,21+/m1/s1. The lowest BCUT2D eigenvalue weighted by Gasteiger charge is -2.42. The van der Waals surface area contributed by atoms with Crippen molar-refractivity contribution in [2.45, 2.75) is 50.8 Å². The first-order valence-electron chi connectivity index (χ1n) is 9.36. The first kappa shape index (κ1) is 21.9. The van der Waals surface area contributed by atoms with Gasteiger partial charge in [0.2, 0.25) is 0 Å². The van der Waals surface area contributed by atoms with Gasteiger partial charge in [0, 0.05) is 0 Å². The summed E-state index contributed by atoms with van der Waals surface area (Å²) in [5.74, 6) is 0. The zero-order chi connectivity index (χ0) is 20.9. The summed E-state index contributed by atoms with van der Waals surface area (Å²) in [6, 6.07) is 18.9. The van der Waals surface area contributed by atoms with E-state index in [1.54, 1.807) is 6.92 Å². The molecule has 29 heavy (non-hydrogen) atoms. The Bertz CT molecular complexity index is 857. The molecule has 0 bridgehead atoms. The minimum absolute atomic E-state index is 0.205. The molecule has 1 saturated heterocycles. The summed E-state index contributed by atoms with van der Waals surface area (Å²) in [4.78, 5) is 0. The average molecular weight is 422 g/mol. The van der Waals surface area contributed by atoms with E-state index in [9.17, 15) is 13.5 Å². The molecule has 1 aliphatic rings. The molecular formula is C21H26O7S. The molecule has 2 aromatic carbocycles. The SMILES string of the molecule is C[C@H]1O[C@H](O)[C@@H](OCc2ccccc2)[C@H](OCc2ccccc2)[C@@H]1OS(C)(=O)=O. The van der Waals surface area contributed by atoms with Crippen LogP contribution < -0.4 is 0 Å². The lowest BCUT2D eigenvalue weighted by atomic mass is 9.99. The molecule has 0 aliphatic carbocycles. The second-order valence-electron chi connectivity index (χ2n) is 7.02. The molecule has 1 fully saturated rings. The molecule has 0 spiro atoms. The van der Waals surface area contributed by atoms with Gasteiger partial charge < -0.3 is 19.3 Å². The quantitative estimate of drug-likeness (QED) is 0.653. The highest BCUT2D eigenvalue weighted by molar-refractivity contribution is 7.86. The Balaban J connectivity index is 1.80. The topological polar surface area (TPSA) is 91.3 Å². The molecule has 7 nitrogen and oxygen atoms in total. The van der Waals surface area contributed by atoms with Crippen LogP contribution in [0.1, 0.15) is 18.1 Å². The van der Waals surface area contributed by atoms with Gasteiger partial charge in [0.25, 0.3) is 10.1 Å². The van der Waals surface area contributed by atoms with E-state index in [1.165, 1.54) is 0 Å². The Morgan fingerprint density at radius 1 is 0.862 bits per heavy atom. The molecule has 0 saturated carbocycles. The van der Waals surface area contributed by atoms with Gasteiger partial charge in [-0.05, 0) is 18.1 Å². The molecule has 0 aromatic heterocycles. The van der Waals surface area contributed by atoms with E-state index in [2.05, 4.69) is 0 Å². The normalized spacial score (nSPS) is 27.6. The monoisotopic (exact) mass is 422 g/mol. The first-order valence-corrected chi connectivity index (χ1v) is 11.2. The molecule has 1 N–H and O–H groups in total. The minimum Gasteiger partial charge on any atom is -0.368 e. The van der Waals surface area contributed by atoms with Crippen LogP contribution >= 0.6 is 0 Å². The van der Waals surface area contributed by atoms with Crippen LogP contribution in [0.15, 0.2) is 60.7 Å². The predicted molar refractivity (Wildman–Crippen MR) is 106 cm³/mol. The van der Waals surface area contributed by atoms with Crippen LogP contribution in [-0.2, 0) is 41.7 Å². The van der Waals surface area contributed by atoms with Crippen molar-refractivity contribution >= 4 is 10.1 Å². The number of rotatable bonds is 8. The van der Waals surface area contributed by atoms with Crippen molar-refractivity contribution < 1.29 is 31.9 Å².